The number of anilines is 1. The SMILES string of the molecule is Nc1nnc(/C=C/c2cc(Cl)c(OCc3cccc(F)c3)c(Br)c2)o1. The van der Waals surface area contributed by atoms with Crippen molar-refractivity contribution in [3.63, 3.8) is 0 Å². The normalized spacial score (nSPS) is 11.2. The van der Waals surface area contributed by atoms with Crippen LogP contribution in [0.1, 0.15) is 17.0 Å². The van der Waals surface area contributed by atoms with Gasteiger partial charge in [0.1, 0.15) is 12.4 Å². The lowest BCUT2D eigenvalue weighted by Crippen LogP contribution is -1.97. The van der Waals surface area contributed by atoms with E-state index in [-0.39, 0.29) is 24.3 Å². The lowest BCUT2D eigenvalue weighted by molar-refractivity contribution is 0.304. The standard InChI is InChI=1S/C17H12BrClFN3O2/c18-13-7-10(4-5-15-22-23-17(21)25-15)8-14(19)16(13)24-9-11-2-1-3-12(20)6-11/h1-8H,9H2,(H2,21,23)/b5-4+. The predicted molar refractivity (Wildman–Crippen MR) is 97.5 cm³/mol. The van der Waals surface area contributed by atoms with E-state index in [1.54, 1.807) is 30.4 Å². The molecule has 0 spiro atoms. The topological polar surface area (TPSA) is 74.2 Å². The summed E-state index contributed by atoms with van der Waals surface area (Å²) in [4.78, 5) is 0. The first kappa shape index (κ1) is 17.4. The summed E-state index contributed by atoms with van der Waals surface area (Å²) in [6, 6.07) is 9.74. The van der Waals surface area contributed by atoms with Crippen LogP contribution < -0.4 is 10.5 Å². The van der Waals surface area contributed by atoms with E-state index in [0.717, 1.165) is 5.56 Å². The monoisotopic (exact) mass is 423 g/mol. The number of halogens is 3. The molecule has 1 heterocycles. The first-order valence-corrected chi connectivity index (χ1v) is 8.32. The maximum Gasteiger partial charge on any atom is 0.313 e. The van der Waals surface area contributed by atoms with Gasteiger partial charge in [0.05, 0.1) is 9.50 Å². The summed E-state index contributed by atoms with van der Waals surface area (Å²) >= 11 is 9.71. The van der Waals surface area contributed by atoms with Crippen LogP contribution in [0.5, 0.6) is 5.75 Å². The Labute approximate surface area is 156 Å². The molecular formula is C17H12BrClFN3O2. The molecule has 5 nitrogen and oxygen atoms in total. The van der Waals surface area contributed by atoms with Crippen LogP contribution in [-0.2, 0) is 6.61 Å². The van der Waals surface area contributed by atoms with Crippen molar-refractivity contribution in [1.82, 2.24) is 10.2 Å². The highest BCUT2D eigenvalue weighted by Crippen LogP contribution is 2.35. The number of benzene rings is 2. The number of hydrogen-bond donors (Lipinski definition) is 1. The average molecular weight is 425 g/mol. The molecule has 2 N–H and O–H groups in total. The van der Waals surface area contributed by atoms with Crippen molar-refractivity contribution < 1.29 is 13.5 Å². The summed E-state index contributed by atoms with van der Waals surface area (Å²) in [5.41, 5.74) is 6.87. The van der Waals surface area contributed by atoms with Gasteiger partial charge in [0, 0.05) is 6.08 Å². The summed E-state index contributed by atoms with van der Waals surface area (Å²) < 4.78 is 24.6. The minimum absolute atomic E-state index is 0.0000374. The number of rotatable bonds is 5. The van der Waals surface area contributed by atoms with Crippen LogP contribution in [0.4, 0.5) is 10.4 Å². The molecule has 0 saturated carbocycles. The Kier molecular flexibility index (Phi) is 5.35. The van der Waals surface area contributed by atoms with E-state index in [2.05, 4.69) is 26.1 Å². The molecule has 0 fully saturated rings. The number of nitrogens with zero attached hydrogens (tertiary/aromatic N) is 2. The lowest BCUT2D eigenvalue weighted by Gasteiger charge is -2.11. The minimum Gasteiger partial charge on any atom is -0.486 e. The molecule has 8 heteroatoms. The van der Waals surface area contributed by atoms with Gasteiger partial charge in [-0.25, -0.2) is 4.39 Å². The zero-order chi connectivity index (χ0) is 17.8. The van der Waals surface area contributed by atoms with E-state index in [1.807, 2.05) is 6.07 Å². The summed E-state index contributed by atoms with van der Waals surface area (Å²) in [6.45, 7) is 0.201. The van der Waals surface area contributed by atoms with Crippen molar-refractivity contribution in [2.45, 2.75) is 6.61 Å². The van der Waals surface area contributed by atoms with Crippen molar-refractivity contribution in [3.05, 3.63) is 68.7 Å². The molecule has 25 heavy (non-hydrogen) atoms. The quantitative estimate of drug-likeness (QED) is 0.627. The van der Waals surface area contributed by atoms with Gasteiger partial charge in [-0.15, -0.1) is 5.10 Å². The molecule has 0 aliphatic heterocycles. The first-order valence-electron chi connectivity index (χ1n) is 7.14. The molecule has 1 aromatic heterocycles. The average Bonchev–Trinajstić information content (AvgIpc) is 2.98. The first-order chi connectivity index (χ1) is 12.0. The fourth-order valence-corrected chi connectivity index (χ4v) is 3.07. The van der Waals surface area contributed by atoms with Gasteiger partial charge in [-0.05, 0) is 57.4 Å². The Balaban J connectivity index is 1.74. The fourth-order valence-electron chi connectivity index (χ4n) is 2.08. The third kappa shape index (κ3) is 4.58. The van der Waals surface area contributed by atoms with E-state index in [9.17, 15) is 4.39 Å². The third-order valence-electron chi connectivity index (χ3n) is 3.17. The second-order valence-corrected chi connectivity index (χ2v) is 6.31. The smallest absolute Gasteiger partial charge is 0.313 e. The van der Waals surface area contributed by atoms with E-state index in [0.29, 0.717) is 20.8 Å². The van der Waals surface area contributed by atoms with Crippen molar-refractivity contribution in [2.75, 3.05) is 5.73 Å². The Morgan fingerprint density at radius 2 is 2.08 bits per heavy atom. The van der Waals surface area contributed by atoms with Gasteiger partial charge < -0.3 is 14.9 Å². The van der Waals surface area contributed by atoms with Crippen molar-refractivity contribution in [2.24, 2.45) is 0 Å². The van der Waals surface area contributed by atoms with Crippen molar-refractivity contribution >= 4 is 45.7 Å². The van der Waals surface area contributed by atoms with Gasteiger partial charge in [0.25, 0.3) is 0 Å². The fraction of sp³-hybridized carbons (Fsp3) is 0.0588. The molecule has 128 valence electrons. The van der Waals surface area contributed by atoms with Crippen LogP contribution >= 0.6 is 27.5 Å². The number of nitrogens with two attached hydrogens (primary N) is 1. The second kappa shape index (κ2) is 7.67. The molecule has 0 amide bonds. The Bertz CT molecular complexity index is 907. The van der Waals surface area contributed by atoms with Crippen LogP contribution in [0.3, 0.4) is 0 Å². The van der Waals surface area contributed by atoms with Gasteiger partial charge in [-0.2, -0.15) is 0 Å². The summed E-state index contributed by atoms with van der Waals surface area (Å²) in [7, 11) is 0. The van der Waals surface area contributed by atoms with Crippen LogP contribution in [-0.4, -0.2) is 10.2 Å². The van der Waals surface area contributed by atoms with E-state index in [1.165, 1.54) is 12.1 Å². The predicted octanol–water partition coefficient (Wildman–Crippen LogP) is 4.96. The molecule has 2 aromatic carbocycles. The van der Waals surface area contributed by atoms with Crippen LogP contribution in [0.25, 0.3) is 12.2 Å². The molecule has 0 saturated heterocycles. The maximum atomic E-state index is 13.2. The number of hydrogen-bond acceptors (Lipinski definition) is 5. The Hall–Kier alpha value is -2.38. The lowest BCUT2D eigenvalue weighted by atomic mass is 10.2. The van der Waals surface area contributed by atoms with Crippen LogP contribution in [0, 0.1) is 5.82 Å². The third-order valence-corrected chi connectivity index (χ3v) is 4.04. The number of nitrogen functional groups attached to an aromatic ring is 1. The molecule has 0 radical (unpaired) electrons. The molecule has 3 rings (SSSR count). The van der Waals surface area contributed by atoms with Gasteiger partial charge in [-0.3, -0.25) is 0 Å². The van der Waals surface area contributed by atoms with Gasteiger partial charge in [-0.1, -0.05) is 28.8 Å². The second-order valence-electron chi connectivity index (χ2n) is 5.04. The molecule has 0 atom stereocenters. The zero-order valence-corrected chi connectivity index (χ0v) is 15.1. The van der Waals surface area contributed by atoms with E-state index in [4.69, 9.17) is 26.5 Å². The summed E-state index contributed by atoms with van der Waals surface area (Å²) in [6.07, 6.45) is 3.37. The highest BCUT2D eigenvalue weighted by atomic mass is 79.9. The zero-order valence-electron chi connectivity index (χ0n) is 12.7. The highest BCUT2D eigenvalue weighted by molar-refractivity contribution is 9.10. The number of ether oxygens (including phenoxy) is 1. The van der Waals surface area contributed by atoms with Crippen LogP contribution in [0.2, 0.25) is 5.02 Å². The molecular weight excluding hydrogens is 413 g/mol. The molecule has 0 aliphatic carbocycles. The van der Waals surface area contributed by atoms with E-state index >= 15 is 0 Å². The molecule has 0 unspecified atom stereocenters. The summed E-state index contributed by atoms with van der Waals surface area (Å²) in [5, 5.41) is 7.71. The molecule has 0 bridgehead atoms. The Morgan fingerprint density at radius 3 is 2.76 bits per heavy atom. The van der Waals surface area contributed by atoms with E-state index < -0.39 is 0 Å². The number of aromatic nitrogens is 2. The van der Waals surface area contributed by atoms with Gasteiger partial charge >= 0.3 is 6.01 Å². The maximum absolute atomic E-state index is 13.2. The summed E-state index contributed by atoms with van der Waals surface area (Å²) in [5.74, 6) is 0.453. The van der Waals surface area contributed by atoms with Crippen molar-refractivity contribution in [1.29, 1.82) is 0 Å². The minimum atomic E-state index is -0.312. The highest BCUT2D eigenvalue weighted by Gasteiger charge is 2.09. The largest absolute Gasteiger partial charge is 0.486 e. The molecule has 0 aliphatic rings. The molecule has 3 aromatic rings. The van der Waals surface area contributed by atoms with Gasteiger partial charge in [0.15, 0.2) is 5.75 Å². The van der Waals surface area contributed by atoms with Crippen LogP contribution in [0.15, 0.2) is 45.3 Å². The van der Waals surface area contributed by atoms with Crippen molar-refractivity contribution in [3.8, 4) is 5.75 Å². The van der Waals surface area contributed by atoms with Gasteiger partial charge in [0.2, 0.25) is 5.89 Å². The Morgan fingerprint density at radius 1 is 1.24 bits per heavy atom.